The molecule has 0 radical (unpaired) electrons. The summed E-state index contributed by atoms with van der Waals surface area (Å²) >= 11 is 10.3. The van der Waals surface area contributed by atoms with Crippen LogP contribution in [0.4, 0.5) is 0 Å². The van der Waals surface area contributed by atoms with Gasteiger partial charge in [-0.1, -0.05) is 6.07 Å². The van der Waals surface area contributed by atoms with E-state index in [1.165, 1.54) is 0 Å². The van der Waals surface area contributed by atoms with Gasteiger partial charge >= 0.3 is 0 Å². The fraction of sp³-hybridized carbons (Fsp3) is 0.111. The van der Waals surface area contributed by atoms with Gasteiger partial charge in [-0.25, -0.2) is 9.97 Å². The predicted octanol–water partition coefficient (Wildman–Crippen LogP) is 3.22. The third-order valence-corrected chi connectivity index (χ3v) is 5.05. The van der Waals surface area contributed by atoms with Gasteiger partial charge in [0.1, 0.15) is 19.5 Å². The van der Waals surface area contributed by atoms with Crippen molar-refractivity contribution in [3.8, 4) is 5.82 Å². The molecular formula is C9H6ClI2N3. The van der Waals surface area contributed by atoms with Crippen molar-refractivity contribution in [2.75, 3.05) is 0 Å². The fourth-order valence-electron chi connectivity index (χ4n) is 1.21. The lowest BCUT2D eigenvalue weighted by Gasteiger charge is -2.07. The van der Waals surface area contributed by atoms with E-state index in [1.807, 2.05) is 16.7 Å². The molecule has 78 valence electrons. The van der Waals surface area contributed by atoms with E-state index in [0.717, 1.165) is 18.8 Å². The number of aromatic nitrogens is 3. The number of rotatable bonds is 2. The number of alkyl halides is 1. The summed E-state index contributed by atoms with van der Waals surface area (Å²) in [7, 11) is 0. The molecule has 0 aliphatic carbocycles. The molecule has 0 unspecified atom stereocenters. The molecule has 2 aromatic rings. The lowest BCUT2D eigenvalue weighted by molar-refractivity contribution is 0.949. The molecule has 0 amide bonds. The van der Waals surface area contributed by atoms with E-state index < -0.39 is 0 Å². The molecule has 0 aliphatic rings. The second-order valence-electron chi connectivity index (χ2n) is 2.82. The van der Waals surface area contributed by atoms with Crippen molar-refractivity contribution in [1.82, 2.24) is 14.5 Å². The monoisotopic (exact) mass is 445 g/mol. The number of hydrogen-bond donors (Lipinski definition) is 0. The number of nitrogens with zero attached hydrogens (tertiary/aromatic N) is 3. The quantitative estimate of drug-likeness (QED) is 0.525. The lowest BCUT2D eigenvalue weighted by Crippen LogP contribution is -2.02. The van der Waals surface area contributed by atoms with E-state index in [0.29, 0.717) is 5.88 Å². The highest BCUT2D eigenvalue weighted by Gasteiger charge is 2.10. The highest BCUT2D eigenvalue weighted by Crippen LogP contribution is 2.20. The van der Waals surface area contributed by atoms with Crippen molar-refractivity contribution in [3.63, 3.8) is 0 Å². The minimum Gasteiger partial charge on any atom is -0.277 e. The lowest BCUT2D eigenvalue weighted by atomic mass is 10.3. The Morgan fingerprint density at radius 2 is 2.13 bits per heavy atom. The van der Waals surface area contributed by atoms with Crippen LogP contribution in [0.3, 0.4) is 0 Å². The van der Waals surface area contributed by atoms with Crippen molar-refractivity contribution < 1.29 is 0 Å². The van der Waals surface area contributed by atoms with Gasteiger partial charge in [-0.3, -0.25) is 4.57 Å². The van der Waals surface area contributed by atoms with E-state index in [2.05, 4.69) is 55.1 Å². The molecule has 0 atom stereocenters. The zero-order valence-corrected chi connectivity index (χ0v) is 12.6. The molecule has 2 aromatic heterocycles. The van der Waals surface area contributed by atoms with Crippen molar-refractivity contribution in [2.45, 2.75) is 5.88 Å². The van der Waals surface area contributed by atoms with Gasteiger partial charge in [0.2, 0.25) is 0 Å². The first kappa shape index (κ1) is 11.6. The van der Waals surface area contributed by atoms with Crippen LogP contribution in [0, 0.1) is 7.40 Å². The molecule has 0 aliphatic heterocycles. The highest BCUT2D eigenvalue weighted by molar-refractivity contribution is 14.1. The van der Waals surface area contributed by atoms with E-state index in [-0.39, 0.29) is 0 Å². The molecule has 0 N–H and O–H groups in total. The Labute approximate surface area is 120 Å². The van der Waals surface area contributed by atoms with Crippen molar-refractivity contribution in [3.05, 3.63) is 37.6 Å². The molecule has 2 heterocycles. The summed E-state index contributed by atoms with van der Waals surface area (Å²) in [5, 5.41) is 0. The normalized spacial score (nSPS) is 10.6. The smallest absolute Gasteiger partial charge is 0.143 e. The molecule has 3 nitrogen and oxygen atoms in total. The van der Waals surface area contributed by atoms with Gasteiger partial charge in [-0.2, -0.15) is 0 Å². The summed E-state index contributed by atoms with van der Waals surface area (Å²) in [6.45, 7) is 0. The van der Waals surface area contributed by atoms with Gasteiger partial charge in [-0.05, 0) is 51.2 Å². The maximum atomic E-state index is 5.86. The first-order valence-corrected chi connectivity index (χ1v) is 6.82. The minimum absolute atomic E-state index is 0.452. The Morgan fingerprint density at radius 3 is 2.73 bits per heavy atom. The summed E-state index contributed by atoms with van der Waals surface area (Å²) < 4.78 is 3.97. The highest BCUT2D eigenvalue weighted by atomic mass is 127. The molecular weight excluding hydrogens is 439 g/mol. The van der Waals surface area contributed by atoms with Crippen LogP contribution in [0.25, 0.3) is 5.82 Å². The van der Waals surface area contributed by atoms with Crippen LogP contribution in [0.1, 0.15) is 5.56 Å². The van der Waals surface area contributed by atoms with Crippen LogP contribution in [0.2, 0.25) is 0 Å². The number of hydrogen-bond acceptors (Lipinski definition) is 2. The predicted molar refractivity (Wildman–Crippen MR) is 76.4 cm³/mol. The Balaban J connectivity index is 2.58. The Morgan fingerprint density at radius 1 is 1.33 bits per heavy atom. The van der Waals surface area contributed by atoms with Gasteiger partial charge in [-0.15, -0.1) is 11.6 Å². The van der Waals surface area contributed by atoms with Gasteiger partial charge < -0.3 is 0 Å². The SMILES string of the molecule is ClCc1cccnc1-n1cnc(I)c1I. The largest absolute Gasteiger partial charge is 0.277 e. The van der Waals surface area contributed by atoms with Crippen molar-refractivity contribution >= 4 is 56.8 Å². The fourth-order valence-corrected chi connectivity index (χ4v) is 2.30. The van der Waals surface area contributed by atoms with Crippen LogP contribution in [-0.2, 0) is 5.88 Å². The number of pyridine rings is 1. The molecule has 2 rings (SSSR count). The van der Waals surface area contributed by atoms with Crippen LogP contribution >= 0.6 is 56.8 Å². The Kier molecular flexibility index (Phi) is 3.83. The zero-order chi connectivity index (χ0) is 10.8. The van der Waals surface area contributed by atoms with Gasteiger partial charge in [0.15, 0.2) is 0 Å². The molecule has 0 fully saturated rings. The maximum Gasteiger partial charge on any atom is 0.143 e. The number of halogens is 3. The van der Waals surface area contributed by atoms with Gasteiger partial charge in [0, 0.05) is 11.8 Å². The van der Waals surface area contributed by atoms with E-state index in [1.54, 1.807) is 12.5 Å². The standard InChI is InChI=1S/C9H6ClI2N3/c10-4-6-2-1-3-13-9(6)15-5-14-7(11)8(15)12/h1-3,5H,4H2. The van der Waals surface area contributed by atoms with E-state index in [4.69, 9.17) is 11.6 Å². The average molecular weight is 445 g/mol. The van der Waals surface area contributed by atoms with Crippen LogP contribution in [-0.4, -0.2) is 14.5 Å². The molecule has 15 heavy (non-hydrogen) atoms. The van der Waals surface area contributed by atoms with Crippen LogP contribution in [0.5, 0.6) is 0 Å². The summed E-state index contributed by atoms with van der Waals surface area (Å²) in [5.74, 6) is 1.31. The van der Waals surface area contributed by atoms with Crippen LogP contribution in [0.15, 0.2) is 24.7 Å². The molecule has 0 aromatic carbocycles. The Hall–Kier alpha value is 0.110. The molecule has 0 spiro atoms. The van der Waals surface area contributed by atoms with Gasteiger partial charge in [0.05, 0.1) is 5.88 Å². The van der Waals surface area contributed by atoms with Crippen molar-refractivity contribution in [1.29, 1.82) is 0 Å². The third kappa shape index (κ3) is 2.28. The van der Waals surface area contributed by atoms with E-state index >= 15 is 0 Å². The summed E-state index contributed by atoms with van der Waals surface area (Å²) in [6, 6.07) is 3.86. The van der Waals surface area contributed by atoms with Crippen molar-refractivity contribution in [2.24, 2.45) is 0 Å². The topological polar surface area (TPSA) is 30.7 Å². The van der Waals surface area contributed by atoms with Gasteiger partial charge in [0.25, 0.3) is 0 Å². The Bertz CT molecular complexity index is 484. The summed E-state index contributed by atoms with van der Waals surface area (Å²) in [4.78, 5) is 8.55. The summed E-state index contributed by atoms with van der Waals surface area (Å²) in [5.41, 5.74) is 1.01. The first-order valence-electron chi connectivity index (χ1n) is 4.12. The average Bonchev–Trinajstić information content (AvgIpc) is 2.60. The van der Waals surface area contributed by atoms with Crippen LogP contribution < -0.4 is 0 Å². The molecule has 0 saturated carbocycles. The summed E-state index contributed by atoms with van der Waals surface area (Å²) in [6.07, 6.45) is 3.52. The third-order valence-electron chi connectivity index (χ3n) is 1.91. The van der Waals surface area contributed by atoms with E-state index in [9.17, 15) is 0 Å². The first-order chi connectivity index (χ1) is 7.24. The molecule has 6 heteroatoms. The minimum atomic E-state index is 0.452. The number of imidazole rings is 1. The second kappa shape index (κ2) is 4.96. The molecule has 0 saturated heterocycles. The maximum absolute atomic E-state index is 5.86. The molecule has 0 bridgehead atoms. The zero-order valence-electron chi connectivity index (χ0n) is 7.49. The second-order valence-corrected chi connectivity index (χ2v) is 5.13.